The van der Waals surface area contributed by atoms with E-state index in [0.29, 0.717) is 19.6 Å². The number of aromatic nitrogens is 1. The lowest BCUT2D eigenvalue weighted by Crippen LogP contribution is -2.27. The van der Waals surface area contributed by atoms with E-state index in [4.69, 9.17) is 4.74 Å². The molecule has 0 bridgehead atoms. The third kappa shape index (κ3) is 5.24. The Labute approximate surface area is 127 Å². The number of hydrogen-bond donors (Lipinski definition) is 1. The third-order valence-electron chi connectivity index (χ3n) is 2.85. The summed E-state index contributed by atoms with van der Waals surface area (Å²) in [6.07, 6.45) is 0.946. The molecule has 0 aliphatic carbocycles. The van der Waals surface area contributed by atoms with Crippen LogP contribution in [0.5, 0.6) is 0 Å². The average molecular weight is 308 g/mol. The Morgan fingerprint density at radius 2 is 2.14 bits per heavy atom. The fourth-order valence-corrected chi connectivity index (χ4v) is 2.63. The van der Waals surface area contributed by atoms with Crippen LogP contribution in [-0.4, -0.2) is 24.5 Å². The molecule has 0 saturated heterocycles. The van der Waals surface area contributed by atoms with Gasteiger partial charge in [-0.3, -0.25) is 4.79 Å². The molecule has 0 fully saturated rings. The molecule has 112 valence electrons. The Morgan fingerprint density at radius 1 is 1.38 bits per heavy atom. The van der Waals surface area contributed by atoms with Crippen molar-refractivity contribution in [2.75, 3.05) is 13.7 Å². The third-order valence-corrected chi connectivity index (χ3v) is 3.72. The molecule has 0 radical (unpaired) electrons. The van der Waals surface area contributed by atoms with Gasteiger partial charge in [0.2, 0.25) is 5.91 Å². The van der Waals surface area contributed by atoms with Gasteiger partial charge in [-0.05, 0) is 17.7 Å². The van der Waals surface area contributed by atoms with Crippen molar-refractivity contribution in [3.05, 3.63) is 51.7 Å². The Kier molecular flexibility index (Phi) is 5.83. The fourth-order valence-electron chi connectivity index (χ4n) is 1.83. The van der Waals surface area contributed by atoms with Crippen LogP contribution < -0.4 is 5.32 Å². The predicted octanol–water partition coefficient (Wildman–Crippen LogP) is 2.33. The number of ether oxygens (including phenoxy) is 1. The zero-order valence-electron chi connectivity index (χ0n) is 11.8. The molecule has 0 saturated carbocycles. The van der Waals surface area contributed by atoms with Gasteiger partial charge < -0.3 is 10.1 Å². The molecular weight excluding hydrogens is 291 g/mol. The monoisotopic (exact) mass is 308 g/mol. The smallest absolute Gasteiger partial charge is 0.224 e. The fraction of sp³-hybridized carbons (Fsp3) is 0.333. The van der Waals surface area contributed by atoms with Crippen LogP contribution in [-0.2, 0) is 29.0 Å². The van der Waals surface area contributed by atoms with Gasteiger partial charge in [0.15, 0.2) is 0 Å². The maximum absolute atomic E-state index is 12.8. The predicted molar refractivity (Wildman–Crippen MR) is 79.6 cm³/mol. The maximum Gasteiger partial charge on any atom is 0.224 e. The summed E-state index contributed by atoms with van der Waals surface area (Å²) in [5.74, 6) is -0.372. The number of carbonyl (C=O) groups excluding carboxylic acids is 1. The number of benzene rings is 1. The average Bonchev–Trinajstić information content (AvgIpc) is 2.89. The Bertz CT molecular complexity index is 584. The molecule has 4 nitrogen and oxygen atoms in total. The lowest BCUT2D eigenvalue weighted by molar-refractivity contribution is -0.120. The van der Waals surface area contributed by atoms with Crippen molar-refractivity contribution in [3.8, 4) is 0 Å². The minimum Gasteiger partial charge on any atom is -0.378 e. The summed E-state index contributed by atoms with van der Waals surface area (Å²) >= 11 is 1.55. The number of halogens is 1. The lowest BCUT2D eigenvalue weighted by atomic mass is 10.1. The van der Waals surface area contributed by atoms with Crippen molar-refractivity contribution in [2.24, 2.45) is 0 Å². The van der Waals surface area contributed by atoms with E-state index in [-0.39, 0.29) is 18.1 Å². The molecule has 0 atom stereocenters. The first-order valence-corrected chi connectivity index (χ1v) is 7.48. The van der Waals surface area contributed by atoms with Crippen LogP contribution in [0.3, 0.4) is 0 Å². The van der Waals surface area contributed by atoms with Gasteiger partial charge in [0.05, 0.1) is 18.7 Å². The van der Waals surface area contributed by atoms with Gasteiger partial charge in [0.25, 0.3) is 0 Å². The quantitative estimate of drug-likeness (QED) is 0.854. The van der Waals surface area contributed by atoms with Crippen molar-refractivity contribution >= 4 is 17.2 Å². The van der Waals surface area contributed by atoms with Crippen molar-refractivity contribution < 1.29 is 13.9 Å². The number of amides is 1. The number of hydrogen-bond acceptors (Lipinski definition) is 4. The SMILES string of the molecule is COCc1nc(CCNC(=O)Cc2ccc(F)cc2)cs1. The van der Waals surface area contributed by atoms with Crippen LogP contribution in [0, 0.1) is 5.82 Å². The molecule has 1 amide bonds. The number of thiazole rings is 1. The molecular formula is C15H17FN2O2S. The zero-order valence-corrected chi connectivity index (χ0v) is 12.6. The Balaban J connectivity index is 1.72. The van der Waals surface area contributed by atoms with Gasteiger partial charge in [0.1, 0.15) is 10.8 Å². The summed E-state index contributed by atoms with van der Waals surface area (Å²) in [6.45, 7) is 1.05. The summed E-state index contributed by atoms with van der Waals surface area (Å²) in [5, 5.41) is 5.74. The zero-order chi connectivity index (χ0) is 15.1. The highest BCUT2D eigenvalue weighted by Gasteiger charge is 2.05. The molecule has 2 aromatic rings. The molecule has 1 N–H and O–H groups in total. The molecule has 0 spiro atoms. The molecule has 21 heavy (non-hydrogen) atoms. The van der Waals surface area contributed by atoms with Crippen molar-refractivity contribution in [2.45, 2.75) is 19.4 Å². The maximum atomic E-state index is 12.8. The van der Waals surface area contributed by atoms with Gasteiger partial charge in [-0.15, -0.1) is 11.3 Å². The van der Waals surface area contributed by atoms with Gasteiger partial charge >= 0.3 is 0 Å². The second kappa shape index (κ2) is 7.85. The highest BCUT2D eigenvalue weighted by molar-refractivity contribution is 7.09. The van der Waals surface area contributed by atoms with Crippen molar-refractivity contribution in [1.82, 2.24) is 10.3 Å². The molecule has 2 rings (SSSR count). The molecule has 1 aromatic heterocycles. The standard InChI is InChI=1S/C15H17FN2O2S/c1-20-9-15-18-13(10-21-15)6-7-17-14(19)8-11-2-4-12(16)5-3-11/h2-5,10H,6-9H2,1H3,(H,17,19). The van der Waals surface area contributed by atoms with Crippen molar-refractivity contribution in [1.29, 1.82) is 0 Å². The van der Waals surface area contributed by atoms with Crippen LogP contribution in [0.2, 0.25) is 0 Å². The first-order chi connectivity index (χ1) is 10.2. The van der Waals surface area contributed by atoms with Gasteiger partial charge in [0, 0.05) is 25.5 Å². The topological polar surface area (TPSA) is 51.2 Å². The number of methoxy groups -OCH3 is 1. The second-order valence-corrected chi connectivity index (χ2v) is 5.51. The van der Waals surface area contributed by atoms with E-state index in [1.807, 2.05) is 5.38 Å². The van der Waals surface area contributed by atoms with E-state index in [0.717, 1.165) is 16.3 Å². The molecule has 0 unspecified atom stereocenters. The Morgan fingerprint density at radius 3 is 2.86 bits per heavy atom. The van der Waals surface area contributed by atoms with Gasteiger partial charge in [-0.2, -0.15) is 0 Å². The van der Waals surface area contributed by atoms with Crippen LogP contribution in [0.4, 0.5) is 4.39 Å². The van der Waals surface area contributed by atoms with Crippen LogP contribution in [0.25, 0.3) is 0 Å². The van der Waals surface area contributed by atoms with E-state index < -0.39 is 0 Å². The van der Waals surface area contributed by atoms with E-state index >= 15 is 0 Å². The molecule has 6 heteroatoms. The van der Waals surface area contributed by atoms with E-state index in [1.165, 1.54) is 12.1 Å². The number of nitrogens with one attached hydrogen (secondary N) is 1. The first kappa shape index (κ1) is 15.6. The molecule has 0 aliphatic rings. The number of nitrogens with zero attached hydrogens (tertiary/aromatic N) is 1. The number of carbonyl (C=O) groups is 1. The minimum atomic E-state index is -0.297. The van der Waals surface area contributed by atoms with Gasteiger partial charge in [-0.25, -0.2) is 9.37 Å². The van der Waals surface area contributed by atoms with Gasteiger partial charge in [-0.1, -0.05) is 12.1 Å². The van der Waals surface area contributed by atoms with Crippen LogP contribution in [0.15, 0.2) is 29.6 Å². The molecule has 1 heterocycles. The van der Waals surface area contributed by atoms with E-state index in [1.54, 1.807) is 30.6 Å². The van der Waals surface area contributed by atoms with E-state index in [9.17, 15) is 9.18 Å². The molecule has 0 aliphatic heterocycles. The second-order valence-electron chi connectivity index (χ2n) is 4.57. The van der Waals surface area contributed by atoms with Crippen LogP contribution >= 0.6 is 11.3 Å². The highest BCUT2D eigenvalue weighted by atomic mass is 32.1. The Hall–Kier alpha value is -1.79. The summed E-state index contributed by atoms with van der Waals surface area (Å²) < 4.78 is 17.8. The first-order valence-electron chi connectivity index (χ1n) is 6.60. The van der Waals surface area contributed by atoms with Crippen LogP contribution in [0.1, 0.15) is 16.3 Å². The summed E-state index contributed by atoms with van der Waals surface area (Å²) in [4.78, 5) is 16.1. The summed E-state index contributed by atoms with van der Waals surface area (Å²) in [5.41, 5.74) is 1.75. The summed E-state index contributed by atoms with van der Waals surface area (Å²) in [7, 11) is 1.64. The molecule has 1 aromatic carbocycles. The minimum absolute atomic E-state index is 0.0750. The van der Waals surface area contributed by atoms with E-state index in [2.05, 4.69) is 10.3 Å². The normalized spacial score (nSPS) is 10.6. The number of rotatable bonds is 7. The summed E-state index contributed by atoms with van der Waals surface area (Å²) in [6, 6.07) is 5.95. The largest absolute Gasteiger partial charge is 0.378 e. The van der Waals surface area contributed by atoms with Crippen molar-refractivity contribution in [3.63, 3.8) is 0 Å². The lowest BCUT2D eigenvalue weighted by Gasteiger charge is -2.04. The highest BCUT2D eigenvalue weighted by Crippen LogP contribution is 2.10.